The molecule has 0 spiro atoms. The summed E-state index contributed by atoms with van der Waals surface area (Å²) >= 11 is 6.20. The molecule has 1 N–H and O–H groups in total. The van der Waals surface area contributed by atoms with Crippen molar-refractivity contribution in [3.63, 3.8) is 0 Å². The van der Waals surface area contributed by atoms with Gasteiger partial charge in [-0.25, -0.2) is 4.79 Å². The van der Waals surface area contributed by atoms with Crippen LogP contribution >= 0.6 is 11.6 Å². The molecule has 2 aromatic heterocycles. The Labute approximate surface area is 284 Å². The number of alkyl halides is 3. The number of halogens is 4. The molecule has 0 bridgehead atoms. The minimum atomic E-state index is -4.59. The van der Waals surface area contributed by atoms with E-state index >= 15 is 0 Å². The van der Waals surface area contributed by atoms with Gasteiger partial charge in [0.25, 0.3) is 5.56 Å². The number of rotatable bonds is 4. The molecule has 49 heavy (non-hydrogen) atoms. The molecule has 4 aliphatic rings. The zero-order valence-corrected chi connectivity index (χ0v) is 28.3. The number of anilines is 2. The van der Waals surface area contributed by atoms with Crippen LogP contribution < -0.4 is 15.8 Å². The average molecular weight is 704 g/mol. The highest BCUT2D eigenvalue weighted by Gasteiger charge is 2.49. The number of hydrogen-bond donors (Lipinski definition) is 1. The summed E-state index contributed by atoms with van der Waals surface area (Å²) in [5.41, 5.74) is -0.0900. The molecule has 5 heterocycles. The summed E-state index contributed by atoms with van der Waals surface area (Å²) in [6, 6.07) is 1.57. The van der Waals surface area contributed by atoms with Gasteiger partial charge < -0.3 is 24.6 Å². The predicted octanol–water partition coefficient (Wildman–Crippen LogP) is 5.64. The lowest BCUT2D eigenvalue weighted by Crippen LogP contribution is -2.67. The fourth-order valence-corrected chi connectivity index (χ4v) is 7.52. The maximum absolute atomic E-state index is 14.5. The summed E-state index contributed by atoms with van der Waals surface area (Å²) in [6.07, 6.45) is -0.775. The van der Waals surface area contributed by atoms with Crippen molar-refractivity contribution in [3.8, 4) is 0 Å². The molecule has 1 aromatic carbocycles. The molecule has 12 nitrogen and oxygen atoms in total. The Kier molecular flexibility index (Phi) is 8.20. The summed E-state index contributed by atoms with van der Waals surface area (Å²) in [5.74, 6) is -0.258. The highest BCUT2D eigenvalue weighted by Crippen LogP contribution is 2.45. The Hall–Kier alpha value is -4.11. The van der Waals surface area contributed by atoms with E-state index in [1.165, 1.54) is 4.52 Å². The van der Waals surface area contributed by atoms with E-state index < -0.39 is 35.4 Å². The van der Waals surface area contributed by atoms with Crippen LogP contribution in [0.2, 0.25) is 5.02 Å². The van der Waals surface area contributed by atoms with Crippen molar-refractivity contribution in [2.45, 2.75) is 89.2 Å². The Balaban J connectivity index is 1.30. The van der Waals surface area contributed by atoms with E-state index in [1.54, 1.807) is 9.47 Å². The third kappa shape index (κ3) is 5.94. The topological polar surface area (TPSA) is 123 Å². The van der Waals surface area contributed by atoms with Crippen LogP contribution in [0.4, 0.5) is 29.3 Å². The minimum absolute atomic E-state index is 0.0307. The third-order valence-corrected chi connectivity index (χ3v) is 9.98. The molecule has 3 aromatic rings. The van der Waals surface area contributed by atoms with E-state index in [4.69, 9.17) is 26.1 Å². The van der Waals surface area contributed by atoms with Gasteiger partial charge in [0.1, 0.15) is 17.3 Å². The number of aromatic nitrogens is 4. The van der Waals surface area contributed by atoms with Crippen molar-refractivity contribution in [1.82, 2.24) is 24.1 Å². The van der Waals surface area contributed by atoms with Gasteiger partial charge in [-0.3, -0.25) is 14.2 Å². The number of amides is 2. The smallest absolute Gasteiger partial charge is 0.416 e. The van der Waals surface area contributed by atoms with E-state index in [1.807, 2.05) is 38.7 Å². The summed E-state index contributed by atoms with van der Waals surface area (Å²) < 4.78 is 53.9. The molecule has 16 heteroatoms. The SMILES string of the molecule is C[C@@H]1C[C@H](C(=O)Nc2ccc(C(F)(F)F)cc2Cl)n2c1c(N1CCN(C(=O)OC(C)(C)C)[C@H]3CC[C@@H]31)c(=O)n1nc(C3=CCOCC3)nc21. The zero-order valence-electron chi connectivity index (χ0n) is 27.5. The number of nitrogens with zero attached hydrogens (tertiary/aromatic N) is 6. The van der Waals surface area contributed by atoms with Crippen molar-refractivity contribution in [2.75, 3.05) is 36.5 Å². The Bertz CT molecular complexity index is 1930. The van der Waals surface area contributed by atoms with Gasteiger partial charge in [0, 0.05) is 25.0 Å². The molecule has 262 valence electrons. The maximum Gasteiger partial charge on any atom is 0.416 e. The fourth-order valence-electron chi connectivity index (χ4n) is 7.29. The first kappa shape index (κ1) is 33.4. The molecule has 1 saturated carbocycles. The van der Waals surface area contributed by atoms with E-state index in [2.05, 4.69) is 10.4 Å². The van der Waals surface area contributed by atoms with Crippen LogP contribution in [0.25, 0.3) is 11.4 Å². The van der Waals surface area contributed by atoms with Gasteiger partial charge in [-0.15, -0.1) is 5.10 Å². The summed E-state index contributed by atoms with van der Waals surface area (Å²) in [5, 5.41) is 7.10. The highest BCUT2D eigenvalue weighted by atomic mass is 35.5. The predicted molar refractivity (Wildman–Crippen MR) is 175 cm³/mol. The van der Waals surface area contributed by atoms with Gasteiger partial charge in [-0.2, -0.15) is 22.7 Å². The van der Waals surface area contributed by atoms with E-state index in [9.17, 15) is 27.6 Å². The number of ether oxygens (including phenoxy) is 2. The molecular weight excluding hydrogens is 667 g/mol. The van der Waals surface area contributed by atoms with Gasteiger partial charge in [0.15, 0.2) is 5.82 Å². The molecule has 3 aliphatic heterocycles. The van der Waals surface area contributed by atoms with Gasteiger partial charge >= 0.3 is 12.3 Å². The third-order valence-electron chi connectivity index (χ3n) is 9.67. The second-order valence-electron chi connectivity index (χ2n) is 14.0. The first-order valence-corrected chi connectivity index (χ1v) is 16.8. The summed E-state index contributed by atoms with van der Waals surface area (Å²) in [4.78, 5) is 50.1. The van der Waals surface area contributed by atoms with Gasteiger partial charge in [-0.1, -0.05) is 24.6 Å². The summed E-state index contributed by atoms with van der Waals surface area (Å²) in [7, 11) is 0. The zero-order chi connectivity index (χ0) is 35.0. The summed E-state index contributed by atoms with van der Waals surface area (Å²) in [6.45, 7) is 8.95. The number of carbonyl (C=O) groups is 2. The van der Waals surface area contributed by atoms with E-state index in [0.717, 1.165) is 36.6 Å². The molecular formula is C33H37ClF3N7O5. The normalized spacial score (nSPS) is 23.9. The van der Waals surface area contributed by atoms with Gasteiger partial charge in [0.2, 0.25) is 11.7 Å². The Morgan fingerprint density at radius 1 is 1.12 bits per heavy atom. The molecule has 1 aliphatic carbocycles. The van der Waals surface area contributed by atoms with Crippen LogP contribution in [0, 0.1) is 0 Å². The number of piperazine rings is 1. The van der Waals surface area contributed by atoms with Gasteiger partial charge in [0.05, 0.1) is 41.2 Å². The number of hydrogen-bond acceptors (Lipinski definition) is 8. The monoisotopic (exact) mass is 703 g/mol. The van der Waals surface area contributed by atoms with Crippen molar-refractivity contribution >= 4 is 46.3 Å². The van der Waals surface area contributed by atoms with Crippen molar-refractivity contribution in [3.05, 3.63) is 56.7 Å². The Morgan fingerprint density at radius 2 is 1.88 bits per heavy atom. The molecule has 0 unspecified atom stereocenters. The molecule has 1 saturated heterocycles. The number of benzene rings is 1. The van der Waals surface area contributed by atoms with Crippen LogP contribution in [0.3, 0.4) is 0 Å². The molecule has 2 amide bonds. The average Bonchev–Trinajstić information content (AvgIpc) is 3.60. The van der Waals surface area contributed by atoms with Crippen molar-refractivity contribution in [2.24, 2.45) is 0 Å². The van der Waals surface area contributed by atoms with E-state index in [-0.39, 0.29) is 40.0 Å². The first-order chi connectivity index (χ1) is 23.1. The number of fused-ring (bicyclic) bond motifs is 4. The van der Waals surface area contributed by atoms with Gasteiger partial charge in [-0.05, 0) is 70.2 Å². The van der Waals surface area contributed by atoms with Crippen LogP contribution in [0.5, 0.6) is 0 Å². The second-order valence-corrected chi connectivity index (χ2v) is 14.4. The maximum atomic E-state index is 14.5. The largest absolute Gasteiger partial charge is 0.444 e. The van der Waals surface area contributed by atoms with Crippen LogP contribution in [0.1, 0.15) is 82.4 Å². The molecule has 4 atom stereocenters. The lowest BCUT2D eigenvalue weighted by Gasteiger charge is -2.54. The number of carbonyl (C=O) groups excluding carboxylic acids is 2. The van der Waals surface area contributed by atoms with Crippen LogP contribution in [-0.4, -0.2) is 80.1 Å². The molecule has 7 rings (SSSR count). The lowest BCUT2D eigenvalue weighted by molar-refractivity contribution is -0.137. The highest BCUT2D eigenvalue weighted by molar-refractivity contribution is 6.33. The van der Waals surface area contributed by atoms with Crippen LogP contribution in [-0.2, 0) is 20.4 Å². The lowest BCUT2D eigenvalue weighted by atomic mass is 9.81. The quantitative estimate of drug-likeness (QED) is 0.371. The second kappa shape index (κ2) is 12.0. The van der Waals surface area contributed by atoms with Crippen molar-refractivity contribution < 1.29 is 32.2 Å². The van der Waals surface area contributed by atoms with Crippen molar-refractivity contribution in [1.29, 1.82) is 0 Å². The Morgan fingerprint density at radius 3 is 2.51 bits per heavy atom. The first-order valence-electron chi connectivity index (χ1n) is 16.4. The fraction of sp³-hybridized carbons (Fsp3) is 0.545. The number of nitrogens with one attached hydrogen (secondary N) is 1. The van der Waals surface area contributed by atoms with E-state index in [0.29, 0.717) is 56.4 Å². The standard InChI is InChI=1S/C33H37ClF3N7O5/c1-17-15-24(28(45)38-21-6-5-19(16-20(21)34)33(35,36)37)43-25(17)26(29(46)44-30(43)39-27(40-44)18-9-13-48-14-10-18)41-11-12-42(23-8-7-22(23)41)31(47)49-32(2,3)4/h5-6,9,16-17,22-24H,7-8,10-15H2,1-4H3,(H,38,45)/t17-,22+,23+,24-/m1/s1. The molecule has 2 fully saturated rings. The van der Waals surface area contributed by atoms with Crippen LogP contribution in [0.15, 0.2) is 29.1 Å². The molecule has 0 radical (unpaired) electrons. The minimum Gasteiger partial charge on any atom is -0.444 e.